The summed E-state index contributed by atoms with van der Waals surface area (Å²) in [6.07, 6.45) is 2.31. The molecular formula is C27H30FN2O5+. The molecule has 4 rings (SSSR count). The van der Waals surface area contributed by atoms with Crippen LogP contribution in [0.3, 0.4) is 0 Å². The van der Waals surface area contributed by atoms with Gasteiger partial charge in [-0.1, -0.05) is 24.8 Å². The molecule has 2 aromatic rings. The molecule has 2 aliphatic heterocycles. The molecule has 35 heavy (non-hydrogen) atoms. The maximum Gasteiger partial charge on any atom is 0.295 e. The summed E-state index contributed by atoms with van der Waals surface area (Å²) in [6, 6.07) is 11.5. The Morgan fingerprint density at radius 1 is 1.14 bits per heavy atom. The summed E-state index contributed by atoms with van der Waals surface area (Å²) >= 11 is 0. The van der Waals surface area contributed by atoms with Crippen LogP contribution in [0.15, 0.2) is 66.8 Å². The second-order valence-corrected chi connectivity index (χ2v) is 8.63. The quantitative estimate of drug-likeness (QED) is 0.248. The molecule has 2 aliphatic rings. The smallest absolute Gasteiger partial charge is 0.295 e. The number of amides is 1. The fourth-order valence-electron chi connectivity index (χ4n) is 4.53. The Balaban J connectivity index is 1.63. The number of hydrogen-bond acceptors (Lipinski definition) is 5. The third kappa shape index (κ3) is 5.61. The SMILES string of the molecule is C=CCOc1ccc(C(O)=C2C(=O)C(=O)N(CCC[NH+]3CCOCC3)[C@H]2c2ccc(F)cc2)cc1. The first kappa shape index (κ1) is 24.6. The first-order valence-corrected chi connectivity index (χ1v) is 11.8. The number of benzene rings is 2. The van der Waals surface area contributed by atoms with Gasteiger partial charge in [0.1, 0.15) is 37.0 Å². The van der Waals surface area contributed by atoms with Crippen molar-refractivity contribution in [1.29, 1.82) is 0 Å². The van der Waals surface area contributed by atoms with Gasteiger partial charge in [0, 0.05) is 18.5 Å². The van der Waals surface area contributed by atoms with Crippen molar-refractivity contribution in [3.8, 4) is 5.75 Å². The van der Waals surface area contributed by atoms with Crippen molar-refractivity contribution in [2.75, 3.05) is 46.0 Å². The van der Waals surface area contributed by atoms with E-state index in [9.17, 15) is 19.1 Å². The Bertz CT molecular complexity index is 1090. The first-order chi connectivity index (χ1) is 17.0. The van der Waals surface area contributed by atoms with Gasteiger partial charge in [-0.3, -0.25) is 9.59 Å². The Morgan fingerprint density at radius 3 is 2.49 bits per heavy atom. The van der Waals surface area contributed by atoms with Crippen molar-refractivity contribution >= 4 is 17.4 Å². The van der Waals surface area contributed by atoms with Gasteiger partial charge in [-0.2, -0.15) is 0 Å². The molecule has 0 spiro atoms. The summed E-state index contributed by atoms with van der Waals surface area (Å²) in [5.74, 6) is -1.51. The van der Waals surface area contributed by atoms with E-state index in [-0.39, 0.29) is 11.3 Å². The predicted molar refractivity (Wildman–Crippen MR) is 129 cm³/mol. The van der Waals surface area contributed by atoms with Crippen LogP contribution in [0.5, 0.6) is 5.75 Å². The molecule has 184 valence electrons. The molecule has 2 aromatic carbocycles. The third-order valence-electron chi connectivity index (χ3n) is 6.35. The number of halogens is 1. The van der Waals surface area contributed by atoms with E-state index in [0.29, 0.717) is 49.7 Å². The second kappa shape index (κ2) is 11.3. The summed E-state index contributed by atoms with van der Waals surface area (Å²) in [5.41, 5.74) is 0.954. The monoisotopic (exact) mass is 481 g/mol. The number of aliphatic hydroxyl groups excluding tert-OH is 1. The number of hydrogen-bond donors (Lipinski definition) is 2. The van der Waals surface area contributed by atoms with Crippen LogP contribution in [0.2, 0.25) is 0 Å². The molecule has 2 N–H and O–H groups in total. The molecule has 1 amide bonds. The highest BCUT2D eigenvalue weighted by Crippen LogP contribution is 2.39. The maximum atomic E-state index is 13.6. The summed E-state index contributed by atoms with van der Waals surface area (Å²) in [7, 11) is 0. The van der Waals surface area contributed by atoms with E-state index >= 15 is 0 Å². The van der Waals surface area contributed by atoms with E-state index in [4.69, 9.17) is 9.47 Å². The first-order valence-electron chi connectivity index (χ1n) is 11.8. The second-order valence-electron chi connectivity index (χ2n) is 8.63. The Kier molecular flexibility index (Phi) is 7.94. The van der Waals surface area contributed by atoms with Crippen LogP contribution in [-0.4, -0.2) is 67.7 Å². The average molecular weight is 482 g/mol. The molecule has 2 saturated heterocycles. The topological polar surface area (TPSA) is 80.5 Å². The lowest BCUT2D eigenvalue weighted by Crippen LogP contribution is -3.14. The molecule has 8 heteroatoms. The fraction of sp³-hybridized carbons (Fsp3) is 0.333. The van der Waals surface area contributed by atoms with Gasteiger partial charge in [0.25, 0.3) is 11.7 Å². The van der Waals surface area contributed by atoms with Gasteiger partial charge in [0.15, 0.2) is 0 Å². The van der Waals surface area contributed by atoms with E-state index in [2.05, 4.69) is 6.58 Å². The number of Topliss-reactive ketones (excluding diaryl/α,β-unsaturated/α-hetero) is 1. The minimum Gasteiger partial charge on any atom is -0.507 e. The molecular weight excluding hydrogens is 451 g/mol. The minimum atomic E-state index is -0.799. The highest BCUT2D eigenvalue weighted by atomic mass is 19.1. The van der Waals surface area contributed by atoms with Crippen LogP contribution in [0.25, 0.3) is 5.76 Å². The number of quaternary nitrogens is 1. The van der Waals surface area contributed by atoms with Gasteiger partial charge in [0.05, 0.1) is 31.4 Å². The number of carbonyl (C=O) groups is 2. The third-order valence-corrected chi connectivity index (χ3v) is 6.35. The standard InChI is InChI=1S/C27H29FN2O5/c1-2-16-35-22-10-6-20(7-11-22)25(31)23-24(19-4-8-21(28)9-5-19)30(27(33)26(23)32)13-3-12-29-14-17-34-18-15-29/h2,4-11,24,31H,1,3,12-18H2/p+1/t24-/m0/s1. The normalized spacial score (nSPS) is 20.3. The molecule has 1 atom stereocenters. The number of nitrogens with zero attached hydrogens (tertiary/aromatic N) is 1. The van der Waals surface area contributed by atoms with Crippen LogP contribution in [0, 0.1) is 5.82 Å². The van der Waals surface area contributed by atoms with E-state index in [1.54, 1.807) is 42.5 Å². The van der Waals surface area contributed by atoms with Crippen molar-refractivity contribution in [2.45, 2.75) is 12.5 Å². The highest BCUT2D eigenvalue weighted by molar-refractivity contribution is 6.46. The van der Waals surface area contributed by atoms with Crippen LogP contribution in [0.1, 0.15) is 23.6 Å². The lowest BCUT2D eigenvalue weighted by atomic mass is 9.95. The molecule has 0 bridgehead atoms. The van der Waals surface area contributed by atoms with Crippen molar-refractivity contribution in [3.05, 3.63) is 83.7 Å². The molecule has 2 fully saturated rings. The summed E-state index contributed by atoms with van der Waals surface area (Å²) in [5, 5.41) is 11.1. The zero-order chi connectivity index (χ0) is 24.8. The molecule has 0 saturated carbocycles. The van der Waals surface area contributed by atoms with Crippen LogP contribution in [-0.2, 0) is 14.3 Å². The van der Waals surface area contributed by atoms with Gasteiger partial charge < -0.3 is 24.4 Å². The Morgan fingerprint density at radius 2 is 1.83 bits per heavy atom. The Labute approximate surface area is 204 Å². The lowest BCUT2D eigenvalue weighted by molar-refractivity contribution is -0.908. The number of nitrogens with one attached hydrogen (secondary N) is 1. The summed E-state index contributed by atoms with van der Waals surface area (Å²) in [6.45, 7) is 8.39. The zero-order valence-corrected chi connectivity index (χ0v) is 19.5. The molecule has 0 aromatic heterocycles. The van der Waals surface area contributed by atoms with Crippen molar-refractivity contribution in [2.24, 2.45) is 0 Å². The molecule has 2 heterocycles. The van der Waals surface area contributed by atoms with Crippen LogP contribution >= 0.6 is 0 Å². The van der Waals surface area contributed by atoms with Crippen molar-refractivity contribution < 1.29 is 33.5 Å². The zero-order valence-electron chi connectivity index (χ0n) is 19.5. The molecule has 0 radical (unpaired) electrons. The van der Waals surface area contributed by atoms with Gasteiger partial charge in [0.2, 0.25) is 0 Å². The fourth-order valence-corrected chi connectivity index (χ4v) is 4.53. The van der Waals surface area contributed by atoms with Gasteiger partial charge in [-0.05, 0) is 42.0 Å². The van der Waals surface area contributed by atoms with E-state index in [0.717, 1.165) is 19.6 Å². The van der Waals surface area contributed by atoms with Crippen LogP contribution in [0.4, 0.5) is 4.39 Å². The number of rotatable bonds is 9. The molecule has 0 unspecified atom stereocenters. The van der Waals surface area contributed by atoms with Gasteiger partial charge in [-0.15, -0.1) is 0 Å². The largest absolute Gasteiger partial charge is 0.507 e. The highest BCUT2D eigenvalue weighted by Gasteiger charge is 2.45. The number of morpholine rings is 1. The number of carbonyl (C=O) groups excluding carboxylic acids is 2. The van der Waals surface area contributed by atoms with E-state index in [1.807, 2.05) is 0 Å². The van der Waals surface area contributed by atoms with Gasteiger partial charge in [-0.25, -0.2) is 4.39 Å². The Hall–Kier alpha value is -3.49. The number of likely N-dealkylation sites (tertiary alicyclic amines) is 1. The predicted octanol–water partition coefficient (Wildman–Crippen LogP) is 2.12. The van der Waals surface area contributed by atoms with Crippen LogP contribution < -0.4 is 9.64 Å². The number of aliphatic hydroxyl groups is 1. The van der Waals surface area contributed by atoms with Gasteiger partial charge >= 0.3 is 0 Å². The molecule has 0 aliphatic carbocycles. The lowest BCUT2D eigenvalue weighted by Gasteiger charge is -2.27. The van der Waals surface area contributed by atoms with Crippen molar-refractivity contribution in [3.63, 3.8) is 0 Å². The minimum absolute atomic E-state index is 0.0000810. The van der Waals surface area contributed by atoms with E-state index < -0.39 is 23.5 Å². The summed E-state index contributed by atoms with van der Waals surface area (Å²) < 4.78 is 24.5. The maximum absolute atomic E-state index is 13.6. The number of ether oxygens (including phenoxy) is 2. The number of ketones is 1. The molecule has 7 nitrogen and oxygen atoms in total. The average Bonchev–Trinajstić information content (AvgIpc) is 3.13. The van der Waals surface area contributed by atoms with E-state index in [1.165, 1.54) is 21.9 Å². The summed E-state index contributed by atoms with van der Waals surface area (Å²) in [4.78, 5) is 29.1. The van der Waals surface area contributed by atoms with Crippen molar-refractivity contribution in [1.82, 2.24) is 4.90 Å².